The van der Waals surface area contributed by atoms with Crippen molar-refractivity contribution in [1.29, 1.82) is 0 Å². The van der Waals surface area contributed by atoms with E-state index in [4.69, 9.17) is 4.74 Å². The van der Waals surface area contributed by atoms with Gasteiger partial charge < -0.3 is 9.15 Å². The van der Waals surface area contributed by atoms with Crippen molar-refractivity contribution in [3.05, 3.63) is 75.4 Å². The minimum atomic E-state index is -1.72. The Balaban J connectivity index is 2.05. The molecule has 2 aromatic carbocycles. The van der Waals surface area contributed by atoms with E-state index >= 15 is 0 Å². The lowest BCUT2D eigenvalue weighted by molar-refractivity contribution is 0.414. The number of ether oxygens (including phenoxy) is 1. The van der Waals surface area contributed by atoms with Gasteiger partial charge in [0.2, 0.25) is 5.82 Å². The van der Waals surface area contributed by atoms with Gasteiger partial charge in [-0.25, -0.2) is 13.6 Å². The Labute approximate surface area is 128 Å². The van der Waals surface area contributed by atoms with E-state index in [1.165, 1.54) is 6.07 Å². The molecule has 3 nitrogen and oxygen atoms in total. The SMILES string of the molecule is COc1ccc(Cc2cc(F)c3c(F)c(F)c(=O)oc3c2)cc1. The largest absolute Gasteiger partial charge is 0.497 e. The maximum atomic E-state index is 14.1. The predicted octanol–water partition coefficient (Wildman–Crippen LogP) is 3.81. The summed E-state index contributed by atoms with van der Waals surface area (Å²) in [4.78, 5) is 11.2. The van der Waals surface area contributed by atoms with E-state index in [1.807, 2.05) is 0 Å². The molecule has 0 fully saturated rings. The average Bonchev–Trinajstić information content (AvgIpc) is 2.53. The zero-order valence-corrected chi connectivity index (χ0v) is 12.0. The van der Waals surface area contributed by atoms with Crippen LogP contribution in [0.4, 0.5) is 13.2 Å². The van der Waals surface area contributed by atoms with Crippen LogP contribution >= 0.6 is 0 Å². The molecule has 0 saturated carbocycles. The summed E-state index contributed by atoms with van der Waals surface area (Å²) in [6.45, 7) is 0. The van der Waals surface area contributed by atoms with Crippen LogP contribution in [0.5, 0.6) is 5.75 Å². The molecule has 0 aliphatic carbocycles. The highest BCUT2D eigenvalue weighted by Gasteiger charge is 2.18. The summed E-state index contributed by atoms with van der Waals surface area (Å²) in [5.74, 6) is -3.56. The number of hydrogen-bond donors (Lipinski definition) is 0. The van der Waals surface area contributed by atoms with E-state index in [1.54, 1.807) is 31.4 Å². The number of fused-ring (bicyclic) bond motifs is 1. The summed E-state index contributed by atoms with van der Waals surface area (Å²) in [5, 5.41) is -0.666. The lowest BCUT2D eigenvalue weighted by atomic mass is 10.0. The second kappa shape index (κ2) is 5.79. The lowest BCUT2D eigenvalue weighted by Gasteiger charge is -2.07. The fourth-order valence-corrected chi connectivity index (χ4v) is 2.35. The van der Waals surface area contributed by atoms with Crippen molar-refractivity contribution in [3.8, 4) is 5.75 Å². The van der Waals surface area contributed by atoms with E-state index in [0.717, 1.165) is 11.6 Å². The summed E-state index contributed by atoms with van der Waals surface area (Å²) in [7, 11) is 1.55. The van der Waals surface area contributed by atoms with Gasteiger partial charge in [-0.15, -0.1) is 0 Å². The van der Waals surface area contributed by atoms with Crippen LogP contribution in [0.1, 0.15) is 11.1 Å². The third-order valence-corrected chi connectivity index (χ3v) is 3.48. The summed E-state index contributed by atoms with van der Waals surface area (Å²) >= 11 is 0. The normalized spacial score (nSPS) is 11.0. The molecule has 118 valence electrons. The Morgan fingerprint density at radius 1 is 1.00 bits per heavy atom. The number of rotatable bonds is 3. The first-order valence-electron chi connectivity index (χ1n) is 6.72. The van der Waals surface area contributed by atoms with Gasteiger partial charge in [-0.2, -0.15) is 4.39 Å². The Kier molecular flexibility index (Phi) is 3.82. The molecule has 1 aromatic heterocycles. The molecule has 0 aliphatic rings. The van der Waals surface area contributed by atoms with Crippen molar-refractivity contribution in [2.45, 2.75) is 6.42 Å². The van der Waals surface area contributed by atoms with Crippen molar-refractivity contribution in [1.82, 2.24) is 0 Å². The number of benzene rings is 2. The first kappa shape index (κ1) is 15.1. The number of halogens is 3. The first-order chi connectivity index (χ1) is 11.0. The highest BCUT2D eigenvalue weighted by molar-refractivity contribution is 5.78. The molecule has 0 atom stereocenters. The van der Waals surface area contributed by atoms with Crippen LogP contribution < -0.4 is 10.4 Å². The Hall–Kier alpha value is -2.76. The van der Waals surface area contributed by atoms with E-state index in [0.29, 0.717) is 17.7 Å². The highest BCUT2D eigenvalue weighted by atomic mass is 19.2. The fourth-order valence-electron chi connectivity index (χ4n) is 2.35. The number of hydrogen-bond acceptors (Lipinski definition) is 3. The van der Waals surface area contributed by atoms with Gasteiger partial charge in [-0.1, -0.05) is 12.1 Å². The van der Waals surface area contributed by atoms with Crippen LogP contribution in [-0.4, -0.2) is 7.11 Å². The minimum Gasteiger partial charge on any atom is -0.497 e. The minimum absolute atomic E-state index is 0.322. The predicted molar refractivity (Wildman–Crippen MR) is 78.2 cm³/mol. The van der Waals surface area contributed by atoms with E-state index in [-0.39, 0.29) is 5.58 Å². The molecule has 0 bridgehead atoms. The molecule has 0 N–H and O–H groups in total. The molecule has 0 radical (unpaired) electrons. The topological polar surface area (TPSA) is 39.4 Å². The third-order valence-electron chi connectivity index (χ3n) is 3.48. The van der Waals surface area contributed by atoms with Crippen molar-refractivity contribution >= 4 is 11.0 Å². The molecule has 0 amide bonds. The lowest BCUT2D eigenvalue weighted by Crippen LogP contribution is -2.09. The smallest absolute Gasteiger partial charge is 0.375 e. The van der Waals surface area contributed by atoms with Crippen LogP contribution in [0.3, 0.4) is 0 Å². The number of methoxy groups -OCH3 is 1. The Morgan fingerprint density at radius 2 is 1.70 bits per heavy atom. The second-order valence-corrected chi connectivity index (χ2v) is 4.99. The summed E-state index contributed by atoms with van der Waals surface area (Å²) in [6, 6.07) is 9.51. The molecule has 6 heteroatoms. The third kappa shape index (κ3) is 2.79. The van der Waals surface area contributed by atoms with Gasteiger partial charge in [-0.05, 0) is 41.8 Å². The molecule has 1 heterocycles. The maximum Gasteiger partial charge on any atom is 0.375 e. The maximum absolute atomic E-state index is 14.1. The molecular formula is C17H11F3O3. The van der Waals surface area contributed by atoms with Crippen LogP contribution in [0.25, 0.3) is 11.0 Å². The van der Waals surface area contributed by atoms with Crippen LogP contribution in [0, 0.1) is 17.5 Å². The monoisotopic (exact) mass is 320 g/mol. The fraction of sp³-hybridized carbons (Fsp3) is 0.118. The van der Waals surface area contributed by atoms with Crippen molar-refractivity contribution in [3.63, 3.8) is 0 Å². The molecule has 0 aliphatic heterocycles. The van der Waals surface area contributed by atoms with Gasteiger partial charge in [0.05, 0.1) is 12.5 Å². The molecule has 0 saturated heterocycles. The van der Waals surface area contributed by atoms with E-state index in [9.17, 15) is 18.0 Å². The van der Waals surface area contributed by atoms with Gasteiger partial charge in [0.25, 0.3) is 0 Å². The van der Waals surface area contributed by atoms with Crippen molar-refractivity contribution in [2.75, 3.05) is 7.11 Å². The summed E-state index contributed by atoms with van der Waals surface area (Å²) in [5.41, 5.74) is -0.461. The van der Waals surface area contributed by atoms with Crippen LogP contribution in [0.15, 0.2) is 45.6 Å². The summed E-state index contributed by atoms with van der Waals surface area (Å²) < 4.78 is 50.6. The van der Waals surface area contributed by atoms with Crippen LogP contribution in [-0.2, 0) is 6.42 Å². The second-order valence-electron chi connectivity index (χ2n) is 4.99. The Bertz CT molecular complexity index is 930. The van der Waals surface area contributed by atoms with Gasteiger partial charge in [0.1, 0.15) is 17.1 Å². The molecule has 0 spiro atoms. The van der Waals surface area contributed by atoms with Crippen LogP contribution in [0.2, 0.25) is 0 Å². The van der Waals surface area contributed by atoms with E-state index in [2.05, 4.69) is 4.42 Å². The van der Waals surface area contributed by atoms with Crippen molar-refractivity contribution in [2.24, 2.45) is 0 Å². The summed E-state index contributed by atoms with van der Waals surface area (Å²) in [6.07, 6.45) is 0.333. The zero-order chi connectivity index (χ0) is 16.6. The quantitative estimate of drug-likeness (QED) is 0.689. The molecule has 3 aromatic rings. The molecule has 23 heavy (non-hydrogen) atoms. The van der Waals surface area contributed by atoms with E-state index < -0.39 is 28.5 Å². The first-order valence-corrected chi connectivity index (χ1v) is 6.72. The zero-order valence-electron chi connectivity index (χ0n) is 12.0. The van der Waals surface area contributed by atoms with Crippen molar-refractivity contribution < 1.29 is 22.3 Å². The standard InChI is InChI=1S/C17H11F3O3/c1-22-11-4-2-9(3-5-11)6-10-7-12(18)14-13(8-10)23-17(21)16(20)15(14)19/h2-5,7-8H,6H2,1H3. The Morgan fingerprint density at radius 3 is 2.35 bits per heavy atom. The van der Waals surface area contributed by atoms with Gasteiger partial charge >= 0.3 is 5.63 Å². The molecular weight excluding hydrogens is 309 g/mol. The van der Waals surface area contributed by atoms with Gasteiger partial charge in [0.15, 0.2) is 5.82 Å². The molecule has 0 unspecified atom stereocenters. The average molecular weight is 320 g/mol. The van der Waals surface area contributed by atoms with Gasteiger partial charge in [0, 0.05) is 0 Å². The highest BCUT2D eigenvalue weighted by Crippen LogP contribution is 2.24. The molecule has 3 rings (SSSR count). The van der Waals surface area contributed by atoms with Gasteiger partial charge in [-0.3, -0.25) is 0 Å².